The largest absolute Gasteiger partial charge is 0.396 e. The smallest absolute Gasteiger partial charge is 0.185 e. The van der Waals surface area contributed by atoms with E-state index in [0.717, 1.165) is 0 Å². The van der Waals surface area contributed by atoms with Crippen molar-refractivity contribution in [2.24, 2.45) is 5.92 Å². The quantitative estimate of drug-likeness (QED) is 0.228. The Bertz CT molecular complexity index is 206. The Kier molecular flexibility index (Phi) is 9.47. The number of aliphatic hydroxyl groups is 4. The molecule has 0 bridgehead atoms. The van der Waals surface area contributed by atoms with E-state index >= 15 is 0 Å². The van der Waals surface area contributed by atoms with Crippen LogP contribution in [0.5, 0.6) is 0 Å². The van der Waals surface area contributed by atoms with Crippen LogP contribution in [0.15, 0.2) is 0 Å². The molecule has 0 saturated heterocycles. The zero-order valence-electron chi connectivity index (χ0n) is 11.1. The Morgan fingerprint density at radius 2 is 1.72 bits per heavy atom. The summed E-state index contributed by atoms with van der Waals surface area (Å²) in [6.45, 7) is 2.14. The van der Waals surface area contributed by atoms with Crippen molar-refractivity contribution in [3.8, 4) is 0 Å². The topological polar surface area (TPSA) is 111 Å². The second kappa shape index (κ2) is 9.62. The fraction of sp³-hybridized carbons (Fsp3) is 1.00. The van der Waals surface area contributed by atoms with Crippen LogP contribution in [-0.4, -0.2) is 78.9 Å². The van der Waals surface area contributed by atoms with Gasteiger partial charge in [0.15, 0.2) is 6.29 Å². The van der Waals surface area contributed by atoms with Crippen LogP contribution in [0.2, 0.25) is 0 Å². The standard InChI is InChI=1S/C11H25NO6/c1-7(6-13)8(14)9(15)10(16)11(17-3)18-5-4-12-2/h7-16H,4-6H2,1-3H3. The highest BCUT2D eigenvalue weighted by molar-refractivity contribution is 4.81. The Labute approximate surface area is 107 Å². The van der Waals surface area contributed by atoms with Gasteiger partial charge in [0.25, 0.3) is 0 Å². The normalized spacial score (nSPS) is 20.2. The number of nitrogens with one attached hydrogen (secondary N) is 1. The van der Waals surface area contributed by atoms with Gasteiger partial charge in [-0.25, -0.2) is 0 Å². The molecular weight excluding hydrogens is 242 g/mol. The van der Waals surface area contributed by atoms with Crippen LogP contribution >= 0.6 is 0 Å². The molecule has 0 amide bonds. The minimum absolute atomic E-state index is 0.288. The lowest BCUT2D eigenvalue weighted by atomic mass is 9.97. The van der Waals surface area contributed by atoms with Gasteiger partial charge in [-0.3, -0.25) is 0 Å². The molecule has 7 heteroatoms. The van der Waals surface area contributed by atoms with E-state index in [-0.39, 0.29) is 6.61 Å². The van der Waals surface area contributed by atoms with E-state index in [1.54, 1.807) is 14.0 Å². The molecule has 110 valence electrons. The van der Waals surface area contributed by atoms with Gasteiger partial charge in [-0.2, -0.15) is 0 Å². The van der Waals surface area contributed by atoms with Crippen molar-refractivity contribution < 1.29 is 29.9 Å². The van der Waals surface area contributed by atoms with Gasteiger partial charge in [0, 0.05) is 26.2 Å². The van der Waals surface area contributed by atoms with Crippen LogP contribution in [0.3, 0.4) is 0 Å². The first-order valence-electron chi connectivity index (χ1n) is 5.93. The van der Waals surface area contributed by atoms with Gasteiger partial charge in [-0.05, 0) is 7.05 Å². The number of ether oxygens (including phenoxy) is 2. The summed E-state index contributed by atoms with van der Waals surface area (Å²) in [4.78, 5) is 0. The van der Waals surface area contributed by atoms with Gasteiger partial charge in [0.2, 0.25) is 0 Å². The summed E-state index contributed by atoms with van der Waals surface area (Å²) in [6, 6.07) is 0. The van der Waals surface area contributed by atoms with E-state index in [1.165, 1.54) is 7.11 Å². The van der Waals surface area contributed by atoms with Crippen molar-refractivity contribution in [3.63, 3.8) is 0 Å². The molecule has 0 heterocycles. The maximum absolute atomic E-state index is 9.83. The lowest BCUT2D eigenvalue weighted by Crippen LogP contribution is -2.49. The third-order valence-electron chi connectivity index (χ3n) is 2.72. The minimum atomic E-state index is -1.45. The van der Waals surface area contributed by atoms with Crippen LogP contribution in [0.25, 0.3) is 0 Å². The van der Waals surface area contributed by atoms with Gasteiger partial charge in [0.05, 0.1) is 12.7 Å². The Balaban J connectivity index is 4.33. The molecule has 5 unspecified atom stereocenters. The van der Waals surface area contributed by atoms with Gasteiger partial charge in [-0.15, -0.1) is 0 Å². The maximum atomic E-state index is 9.83. The van der Waals surface area contributed by atoms with Crippen molar-refractivity contribution in [2.45, 2.75) is 31.5 Å². The third-order valence-corrected chi connectivity index (χ3v) is 2.72. The maximum Gasteiger partial charge on any atom is 0.185 e. The van der Waals surface area contributed by atoms with Crippen molar-refractivity contribution in [1.82, 2.24) is 5.32 Å². The molecule has 5 atom stereocenters. The number of hydrogen-bond donors (Lipinski definition) is 5. The lowest BCUT2D eigenvalue weighted by Gasteiger charge is -2.30. The fourth-order valence-corrected chi connectivity index (χ4v) is 1.39. The predicted molar refractivity (Wildman–Crippen MR) is 64.9 cm³/mol. The third kappa shape index (κ3) is 5.57. The van der Waals surface area contributed by atoms with Crippen LogP contribution < -0.4 is 5.32 Å². The Morgan fingerprint density at radius 3 is 2.17 bits per heavy atom. The van der Waals surface area contributed by atoms with E-state index in [9.17, 15) is 15.3 Å². The van der Waals surface area contributed by atoms with Gasteiger partial charge in [0.1, 0.15) is 12.2 Å². The zero-order valence-corrected chi connectivity index (χ0v) is 11.1. The molecule has 0 radical (unpaired) electrons. The van der Waals surface area contributed by atoms with Crippen LogP contribution in [0, 0.1) is 5.92 Å². The zero-order chi connectivity index (χ0) is 14.1. The van der Waals surface area contributed by atoms with E-state index in [0.29, 0.717) is 13.2 Å². The molecule has 0 aromatic heterocycles. The molecular formula is C11H25NO6. The molecule has 0 rings (SSSR count). The first kappa shape index (κ1) is 17.7. The summed E-state index contributed by atoms with van der Waals surface area (Å²) in [7, 11) is 3.09. The van der Waals surface area contributed by atoms with Gasteiger partial charge >= 0.3 is 0 Å². The minimum Gasteiger partial charge on any atom is -0.396 e. The molecule has 0 spiro atoms. The Hall–Kier alpha value is -0.280. The highest BCUT2D eigenvalue weighted by Gasteiger charge is 2.34. The molecule has 0 saturated carbocycles. The lowest BCUT2D eigenvalue weighted by molar-refractivity contribution is -0.218. The molecule has 0 fully saturated rings. The van der Waals surface area contributed by atoms with Crippen LogP contribution in [-0.2, 0) is 9.47 Å². The molecule has 7 nitrogen and oxygen atoms in total. The van der Waals surface area contributed by atoms with Crippen LogP contribution in [0.1, 0.15) is 6.92 Å². The van der Waals surface area contributed by atoms with Gasteiger partial charge < -0.3 is 35.2 Å². The highest BCUT2D eigenvalue weighted by atomic mass is 16.7. The monoisotopic (exact) mass is 267 g/mol. The summed E-state index contributed by atoms with van der Waals surface area (Å²) in [6.07, 6.45) is -5.13. The van der Waals surface area contributed by atoms with E-state index < -0.39 is 30.5 Å². The van der Waals surface area contributed by atoms with E-state index in [4.69, 9.17) is 14.6 Å². The molecule has 18 heavy (non-hydrogen) atoms. The Morgan fingerprint density at radius 1 is 1.11 bits per heavy atom. The number of hydrogen-bond acceptors (Lipinski definition) is 7. The average Bonchev–Trinajstić information content (AvgIpc) is 2.40. The van der Waals surface area contributed by atoms with Crippen molar-refractivity contribution >= 4 is 0 Å². The summed E-state index contributed by atoms with van der Waals surface area (Å²) in [5.74, 6) is -0.551. The van der Waals surface area contributed by atoms with Gasteiger partial charge in [-0.1, -0.05) is 6.92 Å². The van der Waals surface area contributed by atoms with Crippen molar-refractivity contribution in [1.29, 1.82) is 0 Å². The van der Waals surface area contributed by atoms with E-state index in [2.05, 4.69) is 5.32 Å². The number of rotatable bonds is 10. The molecule has 0 aromatic carbocycles. The molecule has 0 aliphatic rings. The van der Waals surface area contributed by atoms with Crippen LogP contribution in [0.4, 0.5) is 0 Å². The summed E-state index contributed by atoms with van der Waals surface area (Å²) < 4.78 is 10.1. The molecule has 5 N–H and O–H groups in total. The molecule has 0 aromatic rings. The number of aliphatic hydroxyl groups excluding tert-OH is 4. The second-order valence-corrected chi connectivity index (χ2v) is 4.21. The SMILES string of the molecule is CNCCOC(OC)C(O)C(O)C(O)C(C)CO. The number of likely N-dealkylation sites (N-methyl/N-ethyl adjacent to an activating group) is 1. The van der Waals surface area contributed by atoms with Crippen molar-refractivity contribution in [3.05, 3.63) is 0 Å². The first-order chi connectivity index (χ1) is 8.49. The summed E-state index contributed by atoms with van der Waals surface area (Å²) in [5.41, 5.74) is 0. The number of methoxy groups -OCH3 is 1. The molecule has 0 aliphatic heterocycles. The van der Waals surface area contributed by atoms with E-state index in [1.807, 2.05) is 0 Å². The second-order valence-electron chi connectivity index (χ2n) is 4.21. The summed E-state index contributed by atoms with van der Waals surface area (Å²) in [5, 5.41) is 41.0. The van der Waals surface area contributed by atoms with Crippen molar-refractivity contribution in [2.75, 3.05) is 33.9 Å². The first-order valence-corrected chi connectivity index (χ1v) is 5.93. The predicted octanol–water partition coefficient (Wildman–Crippen LogP) is -2.09. The fourth-order valence-electron chi connectivity index (χ4n) is 1.39. The average molecular weight is 267 g/mol. The summed E-state index contributed by atoms with van der Waals surface area (Å²) >= 11 is 0. The molecule has 0 aliphatic carbocycles. The highest BCUT2D eigenvalue weighted by Crippen LogP contribution is 2.14.